The highest BCUT2D eigenvalue weighted by molar-refractivity contribution is 9.10. The largest absolute Gasteiger partial charge is 0.497 e. The second-order valence-electron chi connectivity index (χ2n) is 6.70. The fourth-order valence-electron chi connectivity index (χ4n) is 3.16. The molecule has 1 aliphatic heterocycles. The maximum absolute atomic E-state index is 12.4. The highest BCUT2D eigenvalue weighted by Gasteiger charge is 2.21. The molecule has 1 saturated heterocycles. The zero-order valence-corrected chi connectivity index (χ0v) is 17.9. The Bertz CT molecular complexity index is 819. The first-order chi connectivity index (χ1) is 14.0. The summed E-state index contributed by atoms with van der Waals surface area (Å²) in [4.78, 5) is 28.5. The lowest BCUT2D eigenvalue weighted by molar-refractivity contribution is -0.131. The van der Waals surface area contributed by atoms with Crippen LogP contribution in [-0.4, -0.2) is 56.7 Å². The quantitative estimate of drug-likeness (QED) is 0.693. The van der Waals surface area contributed by atoms with E-state index in [-0.39, 0.29) is 18.4 Å². The Morgan fingerprint density at radius 1 is 1.00 bits per heavy atom. The van der Waals surface area contributed by atoms with Gasteiger partial charge in [0.15, 0.2) is 0 Å². The van der Waals surface area contributed by atoms with Gasteiger partial charge in [-0.25, -0.2) is 4.79 Å². The Kier molecular flexibility index (Phi) is 7.35. The fraction of sp³-hybridized carbons (Fsp3) is 0.333. The minimum Gasteiger partial charge on any atom is -0.497 e. The van der Waals surface area contributed by atoms with Gasteiger partial charge in [-0.1, -0.05) is 15.9 Å². The lowest BCUT2D eigenvalue weighted by atomic mass is 10.2. The predicted molar refractivity (Wildman–Crippen MR) is 118 cm³/mol. The number of anilines is 2. The molecule has 1 aliphatic rings. The van der Waals surface area contributed by atoms with E-state index in [1.165, 1.54) is 0 Å². The second kappa shape index (κ2) is 10.2. The number of nitrogens with zero attached hydrogens (tertiary/aromatic N) is 2. The average Bonchev–Trinajstić information content (AvgIpc) is 2.75. The van der Waals surface area contributed by atoms with Crippen LogP contribution in [0.3, 0.4) is 0 Å². The summed E-state index contributed by atoms with van der Waals surface area (Å²) in [7, 11) is 1.65. The number of ether oxygens (including phenoxy) is 1. The van der Waals surface area contributed by atoms with Crippen LogP contribution >= 0.6 is 15.9 Å². The second-order valence-corrected chi connectivity index (χ2v) is 7.62. The molecular weight excluding hydrogens is 436 g/mol. The van der Waals surface area contributed by atoms with Gasteiger partial charge in [-0.05, 0) is 48.5 Å². The van der Waals surface area contributed by atoms with E-state index in [1.807, 2.05) is 41.3 Å². The minimum atomic E-state index is -0.315. The van der Waals surface area contributed by atoms with Crippen LogP contribution in [0.25, 0.3) is 0 Å². The zero-order valence-electron chi connectivity index (χ0n) is 16.4. The predicted octanol–water partition coefficient (Wildman–Crippen LogP) is 3.32. The topological polar surface area (TPSA) is 73.9 Å². The first-order valence-corrected chi connectivity index (χ1v) is 10.3. The summed E-state index contributed by atoms with van der Waals surface area (Å²) < 4.78 is 6.14. The number of methoxy groups -OCH3 is 1. The van der Waals surface area contributed by atoms with Crippen LogP contribution < -0.4 is 20.3 Å². The van der Waals surface area contributed by atoms with Crippen molar-refractivity contribution in [2.75, 3.05) is 50.1 Å². The molecule has 8 heteroatoms. The highest BCUT2D eigenvalue weighted by atomic mass is 79.9. The molecule has 0 aliphatic carbocycles. The molecule has 2 aromatic rings. The van der Waals surface area contributed by atoms with Crippen molar-refractivity contribution >= 4 is 39.2 Å². The molecule has 0 radical (unpaired) electrons. The Morgan fingerprint density at radius 3 is 2.28 bits per heavy atom. The van der Waals surface area contributed by atoms with Gasteiger partial charge < -0.3 is 25.2 Å². The minimum absolute atomic E-state index is 0.0586. The van der Waals surface area contributed by atoms with Crippen LogP contribution in [0.5, 0.6) is 5.75 Å². The van der Waals surface area contributed by atoms with Crippen LogP contribution in [0.2, 0.25) is 0 Å². The maximum Gasteiger partial charge on any atom is 0.319 e. The molecule has 1 fully saturated rings. The smallest absolute Gasteiger partial charge is 0.319 e. The molecule has 2 aromatic carbocycles. The third kappa shape index (κ3) is 6.12. The van der Waals surface area contributed by atoms with Crippen molar-refractivity contribution in [3.8, 4) is 5.75 Å². The van der Waals surface area contributed by atoms with E-state index in [4.69, 9.17) is 4.74 Å². The third-order valence-corrected chi connectivity index (χ3v) is 5.33. The van der Waals surface area contributed by atoms with Crippen molar-refractivity contribution < 1.29 is 14.3 Å². The van der Waals surface area contributed by atoms with Crippen molar-refractivity contribution in [3.63, 3.8) is 0 Å². The fourth-order valence-corrected chi connectivity index (χ4v) is 3.42. The summed E-state index contributed by atoms with van der Waals surface area (Å²) in [5.74, 6) is 0.891. The molecule has 2 N–H and O–H groups in total. The molecule has 7 nitrogen and oxygen atoms in total. The lowest BCUT2D eigenvalue weighted by Gasteiger charge is -2.36. The van der Waals surface area contributed by atoms with Crippen LogP contribution in [0, 0.1) is 0 Å². The molecule has 3 amide bonds. The van der Waals surface area contributed by atoms with Crippen LogP contribution in [0.15, 0.2) is 53.0 Å². The number of urea groups is 1. The van der Waals surface area contributed by atoms with E-state index in [0.717, 1.165) is 29.0 Å². The number of carbonyl (C=O) groups excluding carboxylic acids is 2. The van der Waals surface area contributed by atoms with E-state index in [9.17, 15) is 9.59 Å². The van der Waals surface area contributed by atoms with Crippen molar-refractivity contribution in [1.82, 2.24) is 10.2 Å². The van der Waals surface area contributed by atoms with E-state index in [2.05, 4.69) is 31.5 Å². The van der Waals surface area contributed by atoms with Gasteiger partial charge in [0.2, 0.25) is 5.91 Å². The van der Waals surface area contributed by atoms with Crippen molar-refractivity contribution in [3.05, 3.63) is 53.0 Å². The van der Waals surface area contributed by atoms with Gasteiger partial charge in [0.1, 0.15) is 5.75 Å². The van der Waals surface area contributed by atoms with E-state index in [1.54, 1.807) is 19.2 Å². The molecule has 1 heterocycles. The third-order valence-electron chi connectivity index (χ3n) is 4.80. The number of piperazine rings is 1. The summed E-state index contributed by atoms with van der Waals surface area (Å²) in [5.41, 5.74) is 1.83. The van der Waals surface area contributed by atoms with Gasteiger partial charge >= 0.3 is 6.03 Å². The van der Waals surface area contributed by atoms with Crippen LogP contribution in [0.4, 0.5) is 16.2 Å². The average molecular weight is 461 g/mol. The maximum atomic E-state index is 12.4. The van der Waals surface area contributed by atoms with Crippen LogP contribution in [-0.2, 0) is 4.79 Å². The van der Waals surface area contributed by atoms with Gasteiger partial charge in [0, 0.05) is 55.0 Å². The van der Waals surface area contributed by atoms with Gasteiger partial charge in [0.05, 0.1) is 7.11 Å². The van der Waals surface area contributed by atoms with Gasteiger partial charge in [-0.15, -0.1) is 0 Å². The number of hydrogen-bond donors (Lipinski definition) is 2. The molecule has 0 unspecified atom stereocenters. The summed E-state index contributed by atoms with van der Waals surface area (Å²) in [6, 6.07) is 14.9. The normalized spacial score (nSPS) is 13.7. The van der Waals surface area contributed by atoms with E-state index >= 15 is 0 Å². The molecule has 0 saturated carbocycles. The first kappa shape index (κ1) is 21.0. The molecule has 29 heavy (non-hydrogen) atoms. The zero-order chi connectivity index (χ0) is 20.6. The molecule has 154 valence electrons. The summed E-state index contributed by atoms with van der Waals surface area (Å²) in [5, 5.41) is 5.47. The molecular formula is C21H25BrN4O3. The number of benzene rings is 2. The van der Waals surface area contributed by atoms with Gasteiger partial charge in [-0.2, -0.15) is 0 Å². The van der Waals surface area contributed by atoms with Crippen molar-refractivity contribution in [2.24, 2.45) is 0 Å². The SMILES string of the molecule is COc1ccc(N2CCN(C(=O)CCNC(=O)Nc3ccc(Br)cc3)CC2)cc1. The Hall–Kier alpha value is -2.74. The Labute approximate surface area is 179 Å². The van der Waals surface area contributed by atoms with E-state index in [0.29, 0.717) is 25.3 Å². The summed E-state index contributed by atoms with van der Waals surface area (Å²) >= 11 is 3.35. The van der Waals surface area contributed by atoms with Crippen molar-refractivity contribution in [2.45, 2.75) is 6.42 Å². The Balaban J connectivity index is 1.37. The van der Waals surface area contributed by atoms with E-state index < -0.39 is 0 Å². The summed E-state index contributed by atoms with van der Waals surface area (Å²) in [6.07, 6.45) is 0.288. The molecule has 0 atom stereocenters. The first-order valence-electron chi connectivity index (χ1n) is 9.52. The Morgan fingerprint density at radius 2 is 1.66 bits per heavy atom. The number of amides is 3. The van der Waals surface area contributed by atoms with Crippen molar-refractivity contribution in [1.29, 1.82) is 0 Å². The number of nitrogens with one attached hydrogen (secondary N) is 2. The molecule has 0 bridgehead atoms. The standard InChI is InChI=1S/C21H25BrN4O3/c1-29-19-8-6-18(7-9-19)25-12-14-26(15-13-25)20(27)10-11-23-21(28)24-17-4-2-16(22)3-5-17/h2-9H,10-15H2,1H3,(H2,23,24,28). The molecule has 0 aromatic heterocycles. The highest BCUT2D eigenvalue weighted by Crippen LogP contribution is 2.20. The number of carbonyl (C=O) groups is 2. The number of hydrogen-bond acceptors (Lipinski definition) is 4. The monoisotopic (exact) mass is 460 g/mol. The summed E-state index contributed by atoms with van der Waals surface area (Å²) in [6.45, 7) is 3.23. The van der Waals surface area contributed by atoms with Gasteiger partial charge in [0.25, 0.3) is 0 Å². The lowest BCUT2D eigenvalue weighted by Crippen LogP contribution is -2.49. The van der Waals surface area contributed by atoms with Gasteiger partial charge in [-0.3, -0.25) is 4.79 Å². The number of rotatable bonds is 6. The molecule has 3 rings (SSSR count). The van der Waals surface area contributed by atoms with Crippen LogP contribution in [0.1, 0.15) is 6.42 Å². The number of halogens is 1. The molecule has 0 spiro atoms.